The number of hydrogen-bond acceptors (Lipinski definition) is 5. The van der Waals surface area contributed by atoms with Crippen LogP contribution in [0.25, 0.3) is 0 Å². The van der Waals surface area contributed by atoms with Gasteiger partial charge in [0, 0.05) is 12.1 Å². The summed E-state index contributed by atoms with van der Waals surface area (Å²) in [7, 11) is -3.10. The zero-order chi connectivity index (χ0) is 15.9. The smallest absolute Gasteiger partial charge is 0.338 e. The summed E-state index contributed by atoms with van der Waals surface area (Å²) in [5.41, 5.74) is 1.13. The SMILES string of the molecule is CCOP(=O)(Cc1cc(CN(CC)CC)c(C)o1)OCC. The lowest BCUT2D eigenvalue weighted by Crippen LogP contribution is -2.22. The Labute approximate surface area is 128 Å². The summed E-state index contributed by atoms with van der Waals surface area (Å²) < 4.78 is 28.9. The van der Waals surface area contributed by atoms with Crippen LogP contribution in [-0.4, -0.2) is 31.2 Å². The van der Waals surface area contributed by atoms with Crippen molar-refractivity contribution in [2.75, 3.05) is 26.3 Å². The number of aryl methyl sites for hydroxylation is 1. The molecule has 6 heteroatoms. The lowest BCUT2D eigenvalue weighted by molar-refractivity contribution is 0.217. The number of nitrogens with zero attached hydrogens (tertiary/aromatic N) is 1. The molecule has 1 aromatic heterocycles. The van der Waals surface area contributed by atoms with E-state index in [0.29, 0.717) is 19.0 Å². The van der Waals surface area contributed by atoms with Gasteiger partial charge in [-0.1, -0.05) is 13.8 Å². The van der Waals surface area contributed by atoms with Crippen LogP contribution < -0.4 is 0 Å². The molecular weight excluding hydrogens is 289 g/mol. The Bertz CT molecular complexity index is 458. The van der Waals surface area contributed by atoms with Crippen molar-refractivity contribution < 1.29 is 18.0 Å². The molecule has 0 unspecified atom stereocenters. The highest BCUT2D eigenvalue weighted by molar-refractivity contribution is 7.53. The molecule has 0 aliphatic rings. The first-order chi connectivity index (χ1) is 9.97. The molecule has 0 bridgehead atoms. The highest BCUT2D eigenvalue weighted by Crippen LogP contribution is 2.51. The maximum atomic E-state index is 12.5. The van der Waals surface area contributed by atoms with Crippen LogP contribution in [0.15, 0.2) is 10.5 Å². The lowest BCUT2D eigenvalue weighted by Gasteiger charge is -2.17. The fourth-order valence-corrected chi connectivity index (χ4v) is 3.80. The largest absolute Gasteiger partial charge is 0.465 e. The molecule has 0 aromatic carbocycles. The highest BCUT2D eigenvalue weighted by Gasteiger charge is 2.26. The van der Waals surface area contributed by atoms with Gasteiger partial charge < -0.3 is 13.5 Å². The second-order valence-electron chi connectivity index (χ2n) is 4.86. The normalized spacial score (nSPS) is 12.3. The predicted molar refractivity (Wildman–Crippen MR) is 84.6 cm³/mol. The first-order valence-electron chi connectivity index (χ1n) is 7.66. The van der Waals surface area contributed by atoms with E-state index in [0.717, 1.165) is 31.0 Å². The van der Waals surface area contributed by atoms with Crippen molar-refractivity contribution in [1.29, 1.82) is 0 Å². The molecule has 0 N–H and O–H groups in total. The molecule has 0 saturated heterocycles. The van der Waals surface area contributed by atoms with Gasteiger partial charge in [0.2, 0.25) is 0 Å². The maximum absolute atomic E-state index is 12.5. The van der Waals surface area contributed by atoms with Crippen molar-refractivity contribution in [2.24, 2.45) is 0 Å². The molecule has 0 atom stereocenters. The summed E-state index contributed by atoms with van der Waals surface area (Å²) in [6, 6.07) is 1.97. The van der Waals surface area contributed by atoms with Crippen LogP contribution in [-0.2, 0) is 26.3 Å². The van der Waals surface area contributed by atoms with Gasteiger partial charge in [-0.2, -0.15) is 0 Å². The summed E-state index contributed by atoms with van der Waals surface area (Å²) in [4.78, 5) is 2.31. The van der Waals surface area contributed by atoms with Crippen molar-refractivity contribution in [3.8, 4) is 0 Å². The van der Waals surface area contributed by atoms with Crippen molar-refractivity contribution >= 4 is 7.60 Å². The van der Waals surface area contributed by atoms with Gasteiger partial charge in [-0.25, -0.2) is 0 Å². The molecule has 0 spiro atoms. The van der Waals surface area contributed by atoms with E-state index in [2.05, 4.69) is 18.7 Å². The summed E-state index contributed by atoms with van der Waals surface area (Å²) in [6.07, 6.45) is 0.188. The Morgan fingerprint density at radius 1 is 1.14 bits per heavy atom. The second kappa shape index (κ2) is 8.74. The van der Waals surface area contributed by atoms with E-state index in [1.165, 1.54) is 0 Å². The van der Waals surface area contributed by atoms with Gasteiger partial charge in [-0.3, -0.25) is 9.46 Å². The van der Waals surface area contributed by atoms with Gasteiger partial charge in [-0.05, 0) is 39.9 Å². The molecule has 0 fully saturated rings. The zero-order valence-corrected chi connectivity index (χ0v) is 14.7. The minimum atomic E-state index is -3.10. The first kappa shape index (κ1) is 18.4. The molecule has 122 valence electrons. The standard InChI is InChI=1S/C15H28NO4P/c1-6-16(7-2)11-14-10-15(20-13(14)5)12-21(17,18-8-3)19-9-4/h10H,6-9,11-12H2,1-5H3. The van der Waals surface area contributed by atoms with Gasteiger partial charge in [0.05, 0.1) is 13.2 Å². The maximum Gasteiger partial charge on any atom is 0.338 e. The third kappa shape index (κ3) is 5.59. The third-order valence-electron chi connectivity index (χ3n) is 3.36. The summed E-state index contributed by atoms with van der Waals surface area (Å²) in [5.74, 6) is 1.54. The topological polar surface area (TPSA) is 51.9 Å². The van der Waals surface area contributed by atoms with E-state index in [1.54, 1.807) is 0 Å². The molecule has 0 aliphatic carbocycles. The molecule has 0 aliphatic heterocycles. The number of furan rings is 1. The monoisotopic (exact) mass is 317 g/mol. The molecular formula is C15H28NO4P. The van der Waals surface area contributed by atoms with Crippen LogP contribution >= 0.6 is 7.60 Å². The Morgan fingerprint density at radius 2 is 1.71 bits per heavy atom. The fourth-order valence-electron chi connectivity index (χ4n) is 2.22. The molecule has 0 saturated carbocycles. The van der Waals surface area contributed by atoms with Crippen LogP contribution in [0.4, 0.5) is 0 Å². The fraction of sp³-hybridized carbons (Fsp3) is 0.733. The average Bonchev–Trinajstić information content (AvgIpc) is 2.75. The zero-order valence-electron chi connectivity index (χ0n) is 13.8. The second-order valence-corrected chi connectivity index (χ2v) is 6.91. The van der Waals surface area contributed by atoms with Crippen molar-refractivity contribution in [2.45, 2.75) is 47.3 Å². The van der Waals surface area contributed by atoms with Crippen LogP contribution in [0.5, 0.6) is 0 Å². The van der Waals surface area contributed by atoms with Crippen molar-refractivity contribution in [3.63, 3.8) is 0 Å². The number of rotatable bonds is 10. The van der Waals surface area contributed by atoms with Gasteiger partial charge >= 0.3 is 7.60 Å². The van der Waals surface area contributed by atoms with E-state index >= 15 is 0 Å². The van der Waals surface area contributed by atoms with Gasteiger partial charge in [-0.15, -0.1) is 0 Å². The molecule has 0 radical (unpaired) electrons. The minimum absolute atomic E-state index is 0.188. The Hall–Kier alpha value is -0.610. The average molecular weight is 317 g/mol. The quantitative estimate of drug-likeness (QED) is 0.605. The van der Waals surface area contributed by atoms with E-state index in [-0.39, 0.29) is 6.16 Å². The number of hydrogen-bond donors (Lipinski definition) is 0. The van der Waals surface area contributed by atoms with Crippen LogP contribution in [0, 0.1) is 6.92 Å². The van der Waals surface area contributed by atoms with E-state index < -0.39 is 7.60 Å². The van der Waals surface area contributed by atoms with E-state index in [4.69, 9.17) is 13.5 Å². The first-order valence-corrected chi connectivity index (χ1v) is 9.39. The van der Waals surface area contributed by atoms with Crippen LogP contribution in [0.2, 0.25) is 0 Å². The molecule has 21 heavy (non-hydrogen) atoms. The Kier molecular flexibility index (Phi) is 7.67. The van der Waals surface area contributed by atoms with Gasteiger partial charge in [0.15, 0.2) is 0 Å². The molecule has 1 aromatic rings. The third-order valence-corrected chi connectivity index (χ3v) is 5.36. The van der Waals surface area contributed by atoms with E-state index in [9.17, 15) is 4.57 Å². The van der Waals surface area contributed by atoms with Gasteiger partial charge in [0.1, 0.15) is 17.7 Å². The van der Waals surface area contributed by atoms with Crippen molar-refractivity contribution in [3.05, 3.63) is 23.2 Å². The summed E-state index contributed by atoms with van der Waals surface area (Å²) in [5, 5.41) is 0. The van der Waals surface area contributed by atoms with E-state index in [1.807, 2.05) is 26.8 Å². The van der Waals surface area contributed by atoms with Gasteiger partial charge in [0.25, 0.3) is 0 Å². The molecule has 0 amide bonds. The predicted octanol–water partition coefficient (Wildman–Crippen LogP) is 4.20. The van der Waals surface area contributed by atoms with Crippen molar-refractivity contribution in [1.82, 2.24) is 4.90 Å². The van der Waals surface area contributed by atoms with Crippen LogP contribution in [0.3, 0.4) is 0 Å². The molecule has 1 heterocycles. The minimum Gasteiger partial charge on any atom is -0.465 e. The lowest BCUT2D eigenvalue weighted by atomic mass is 10.2. The van der Waals surface area contributed by atoms with Crippen LogP contribution in [0.1, 0.15) is 44.8 Å². The summed E-state index contributed by atoms with van der Waals surface area (Å²) >= 11 is 0. The Balaban J connectivity index is 2.83. The molecule has 1 rings (SSSR count). The highest BCUT2D eigenvalue weighted by atomic mass is 31.2. The Morgan fingerprint density at radius 3 is 2.19 bits per heavy atom. The summed E-state index contributed by atoms with van der Waals surface area (Å²) in [6.45, 7) is 13.4. The molecule has 5 nitrogen and oxygen atoms in total.